The number of imidazole rings is 1. The number of nitrogens with one attached hydrogen (secondary N) is 1. The first-order valence-corrected chi connectivity index (χ1v) is 17.4. The number of nitrogens with zero attached hydrogens (tertiary/aromatic N) is 6. The standard InChI is InChI=1S/C39H42N8O3/c1-38(2,3)50-37(49)44-39(18-6-19-39)26-10-12-27(13-11-26)47-35(30-9-5-20-41-34(30)40)43-32-16-15-31(42-36(32)47)25-7-4-8-28(23-25)45-21-22-46-29(24-45)14-17-33(46)48/h4-5,7-13,15-16,20,23,29H,6,14,17-19,21-22,24H2,1-3H3,(H2,40,41)(H,44,49). The van der Waals surface area contributed by atoms with Crippen LogP contribution in [0.5, 0.6) is 0 Å². The summed E-state index contributed by atoms with van der Waals surface area (Å²) in [7, 11) is 0. The molecule has 5 aromatic rings. The van der Waals surface area contributed by atoms with Crippen molar-refractivity contribution < 1.29 is 14.3 Å². The number of hydrogen-bond donors (Lipinski definition) is 2. The van der Waals surface area contributed by atoms with Gasteiger partial charge in [0.15, 0.2) is 11.5 Å². The van der Waals surface area contributed by atoms with Gasteiger partial charge in [-0.05, 0) is 101 Å². The summed E-state index contributed by atoms with van der Waals surface area (Å²) < 4.78 is 7.63. The number of alkyl carbamates (subject to hydrolysis) is 1. The smallest absolute Gasteiger partial charge is 0.408 e. The van der Waals surface area contributed by atoms with Crippen molar-refractivity contribution in [3.05, 3.63) is 84.6 Å². The van der Waals surface area contributed by atoms with Gasteiger partial charge >= 0.3 is 6.09 Å². The average molecular weight is 671 g/mol. The molecule has 0 bridgehead atoms. The molecule has 3 aromatic heterocycles. The summed E-state index contributed by atoms with van der Waals surface area (Å²) in [4.78, 5) is 44.1. The van der Waals surface area contributed by atoms with Crippen LogP contribution in [0.25, 0.3) is 39.5 Å². The van der Waals surface area contributed by atoms with Gasteiger partial charge in [-0.3, -0.25) is 9.36 Å². The maximum atomic E-state index is 12.8. The highest BCUT2D eigenvalue weighted by Gasteiger charge is 2.41. The highest BCUT2D eigenvalue weighted by Crippen LogP contribution is 2.42. The Bertz CT molecular complexity index is 2100. The predicted octanol–water partition coefficient (Wildman–Crippen LogP) is 6.45. The van der Waals surface area contributed by atoms with Crippen LogP contribution < -0.4 is 16.0 Å². The number of carbonyl (C=O) groups excluding carboxylic acids is 2. The fraction of sp³-hybridized carbons (Fsp3) is 0.359. The van der Waals surface area contributed by atoms with Crippen molar-refractivity contribution in [2.75, 3.05) is 30.3 Å². The van der Waals surface area contributed by atoms with E-state index in [4.69, 9.17) is 20.4 Å². The highest BCUT2D eigenvalue weighted by molar-refractivity contribution is 5.85. The summed E-state index contributed by atoms with van der Waals surface area (Å²) in [6, 6.07) is 24.8. The number of nitrogen functional groups attached to an aromatic ring is 1. The maximum absolute atomic E-state index is 12.8. The molecule has 1 saturated carbocycles. The second-order valence-corrected chi connectivity index (χ2v) is 14.6. The van der Waals surface area contributed by atoms with Gasteiger partial charge in [0.2, 0.25) is 5.91 Å². The van der Waals surface area contributed by atoms with Gasteiger partial charge in [-0.1, -0.05) is 24.3 Å². The van der Waals surface area contributed by atoms with Crippen LogP contribution in [0.15, 0.2) is 79.0 Å². The quantitative estimate of drug-likeness (QED) is 0.211. The molecule has 5 heterocycles. The number of hydrogen-bond acceptors (Lipinski definition) is 8. The second kappa shape index (κ2) is 12.2. The van der Waals surface area contributed by atoms with Crippen LogP contribution in [-0.4, -0.2) is 67.7 Å². The molecule has 1 unspecified atom stereocenters. The normalized spacial score (nSPS) is 18.5. The van der Waals surface area contributed by atoms with Crippen LogP contribution >= 0.6 is 0 Å². The summed E-state index contributed by atoms with van der Waals surface area (Å²) in [5.41, 5.74) is 12.3. The minimum atomic E-state index is -0.578. The Labute approximate surface area is 291 Å². The van der Waals surface area contributed by atoms with E-state index in [1.165, 1.54) is 0 Å². The maximum Gasteiger partial charge on any atom is 0.408 e. The average Bonchev–Trinajstić information content (AvgIpc) is 3.65. The number of pyridine rings is 2. The molecule has 50 heavy (non-hydrogen) atoms. The molecule has 11 nitrogen and oxygen atoms in total. The van der Waals surface area contributed by atoms with Gasteiger partial charge in [-0.2, -0.15) is 0 Å². The topological polar surface area (TPSA) is 132 Å². The Morgan fingerprint density at radius 1 is 0.980 bits per heavy atom. The molecular formula is C39H42N8O3. The van der Waals surface area contributed by atoms with E-state index in [2.05, 4.69) is 51.6 Å². The number of fused-ring (bicyclic) bond motifs is 2. The molecule has 2 aromatic carbocycles. The van der Waals surface area contributed by atoms with Crippen molar-refractivity contribution in [1.82, 2.24) is 29.7 Å². The first kappa shape index (κ1) is 31.8. The van der Waals surface area contributed by atoms with Crippen LogP contribution in [0.2, 0.25) is 0 Å². The molecule has 0 radical (unpaired) electrons. The second-order valence-electron chi connectivity index (χ2n) is 14.6. The molecule has 0 spiro atoms. The Balaban J connectivity index is 1.16. The van der Waals surface area contributed by atoms with Crippen molar-refractivity contribution >= 4 is 34.7 Å². The van der Waals surface area contributed by atoms with Gasteiger partial charge < -0.3 is 25.6 Å². The van der Waals surface area contributed by atoms with E-state index in [-0.39, 0.29) is 11.9 Å². The van der Waals surface area contributed by atoms with Crippen molar-refractivity contribution in [3.63, 3.8) is 0 Å². The van der Waals surface area contributed by atoms with Gasteiger partial charge in [0.05, 0.1) is 16.8 Å². The van der Waals surface area contributed by atoms with Crippen LogP contribution in [0, 0.1) is 0 Å². The van der Waals surface area contributed by atoms with E-state index in [0.717, 1.165) is 79.0 Å². The molecule has 3 N–H and O–H groups in total. The minimum Gasteiger partial charge on any atom is -0.444 e. The Morgan fingerprint density at radius 2 is 1.80 bits per heavy atom. The van der Waals surface area contributed by atoms with Gasteiger partial charge in [0, 0.05) is 55.2 Å². The SMILES string of the molecule is CC(C)(C)OC(=O)NC1(c2ccc(-n3c(-c4cccnc4N)nc4ccc(-c5cccc(N6CCN7C(=O)CCC7C6)c5)nc43)cc2)CCC1. The molecule has 3 fully saturated rings. The van der Waals surface area contributed by atoms with Crippen LogP contribution in [0.1, 0.15) is 58.4 Å². The third-order valence-electron chi connectivity index (χ3n) is 10.2. The Hall–Kier alpha value is -5.45. The zero-order valence-corrected chi connectivity index (χ0v) is 28.7. The zero-order valence-electron chi connectivity index (χ0n) is 28.7. The molecule has 11 heteroatoms. The van der Waals surface area contributed by atoms with E-state index < -0.39 is 17.2 Å². The van der Waals surface area contributed by atoms with Crippen molar-refractivity contribution in [3.8, 4) is 28.3 Å². The van der Waals surface area contributed by atoms with E-state index in [1.807, 2.05) is 66.6 Å². The van der Waals surface area contributed by atoms with Gasteiger partial charge in [-0.25, -0.2) is 19.7 Å². The molecule has 1 aliphatic carbocycles. The molecule has 8 rings (SSSR count). The lowest BCUT2D eigenvalue weighted by Gasteiger charge is -2.43. The number of rotatable bonds is 6. The number of amides is 2. The fourth-order valence-corrected chi connectivity index (χ4v) is 7.56. The first-order chi connectivity index (χ1) is 24.1. The molecule has 2 saturated heterocycles. The molecule has 256 valence electrons. The fourth-order valence-electron chi connectivity index (χ4n) is 7.56. The number of ether oxygens (including phenoxy) is 1. The lowest BCUT2D eigenvalue weighted by Crippen LogP contribution is -2.52. The summed E-state index contributed by atoms with van der Waals surface area (Å²) in [6.45, 7) is 8.02. The lowest BCUT2D eigenvalue weighted by molar-refractivity contribution is -0.129. The number of aromatic nitrogens is 4. The van der Waals surface area contributed by atoms with Crippen molar-refractivity contribution in [1.29, 1.82) is 0 Å². The third kappa shape index (κ3) is 5.80. The molecule has 1 atom stereocenters. The number of anilines is 2. The third-order valence-corrected chi connectivity index (χ3v) is 10.2. The van der Waals surface area contributed by atoms with Crippen molar-refractivity contribution in [2.24, 2.45) is 0 Å². The number of nitrogens with two attached hydrogens (primary N) is 1. The zero-order chi connectivity index (χ0) is 34.6. The molecule has 2 amide bonds. The van der Waals surface area contributed by atoms with E-state index in [1.54, 1.807) is 6.20 Å². The largest absolute Gasteiger partial charge is 0.444 e. The van der Waals surface area contributed by atoms with E-state index >= 15 is 0 Å². The number of piperazine rings is 1. The van der Waals surface area contributed by atoms with Crippen LogP contribution in [-0.2, 0) is 15.1 Å². The summed E-state index contributed by atoms with van der Waals surface area (Å²) >= 11 is 0. The lowest BCUT2D eigenvalue weighted by atomic mass is 9.72. The predicted molar refractivity (Wildman–Crippen MR) is 194 cm³/mol. The van der Waals surface area contributed by atoms with Gasteiger partial charge in [0.25, 0.3) is 0 Å². The number of benzene rings is 2. The first-order valence-electron chi connectivity index (χ1n) is 17.4. The summed E-state index contributed by atoms with van der Waals surface area (Å²) in [5, 5.41) is 3.16. The molecular weight excluding hydrogens is 628 g/mol. The minimum absolute atomic E-state index is 0.277. The van der Waals surface area contributed by atoms with Gasteiger partial charge in [-0.15, -0.1) is 0 Å². The highest BCUT2D eigenvalue weighted by atomic mass is 16.6. The Morgan fingerprint density at radius 3 is 2.54 bits per heavy atom. The number of carbonyl (C=O) groups is 2. The Kier molecular flexibility index (Phi) is 7.73. The van der Waals surface area contributed by atoms with E-state index in [0.29, 0.717) is 29.3 Å². The van der Waals surface area contributed by atoms with Crippen LogP contribution in [0.3, 0.4) is 0 Å². The molecule has 3 aliphatic rings. The summed E-state index contributed by atoms with van der Waals surface area (Å²) in [6.07, 6.45) is 5.54. The molecule has 2 aliphatic heterocycles. The van der Waals surface area contributed by atoms with Crippen molar-refractivity contribution in [2.45, 2.75) is 70.1 Å². The monoisotopic (exact) mass is 670 g/mol. The van der Waals surface area contributed by atoms with Gasteiger partial charge in [0.1, 0.15) is 16.9 Å². The van der Waals surface area contributed by atoms with Crippen LogP contribution in [0.4, 0.5) is 16.3 Å². The summed E-state index contributed by atoms with van der Waals surface area (Å²) in [5.74, 6) is 1.30. The van der Waals surface area contributed by atoms with E-state index in [9.17, 15) is 9.59 Å².